The first-order chi connectivity index (χ1) is 9.81. The molecule has 4 rings (SSSR count). The molecular formula is C18H23NO. The van der Waals surface area contributed by atoms with E-state index < -0.39 is 0 Å². The summed E-state index contributed by atoms with van der Waals surface area (Å²) in [6.07, 6.45) is 7.16. The van der Waals surface area contributed by atoms with Gasteiger partial charge in [-0.1, -0.05) is 30.3 Å². The fourth-order valence-electron chi connectivity index (χ4n) is 4.38. The molecule has 0 bridgehead atoms. The molecular weight excluding hydrogens is 246 g/mol. The Morgan fingerprint density at radius 3 is 2.60 bits per heavy atom. The van der Waals surface area contributed by atoms with Crippen molar-refractivity contribution in [2.45, 2.75) is 44.6 Å². The maximum absolute atomic E-state index is 12.7. The third-order valence-corrected chi connectivity index (χ3v) is 5.57. The first-order valence-corrected chi connectivity index (χ1v) is 8.15. The summed E-state index contributed by atoms with van der Waals surface area (Å²) in [4.78, 5) is 15.0. The highest BCUT2D eigenvalue weighted by molar-refractivity contribution is 5.80. The Morgan fingerprint density at radius 2 is 1.85 bits per heavy atom. The number of carbonyl (C=O) groups is 1. The van der Waals surface area contributed by atoms with Gasteiger partial charge in [-0.2, -0.15) is 0 Å². The van der Waals surface area contributed by atoms with E-state index in [2.05, 4.69) is 35.2 Å². The molecule has 3 atom stereocenters. The van der Waals surface area contributed by atoms with Gasteiger partial charge in [-0.05, 0) is 55.9 Å². The van der Waals surface area contributed by atoms with Gasteiger partial charge in [0.05, 0.1) is 0 Å². The van der Waals surface area contributed by atoms with Gasteiger partial charge in [-0.3, -0.25) is 4.79 Å². The van der Waals surface area contributed by atoms with Crippen LogP contribution < -0.4 is 0 Å². The Kier molecular flexibility index (Phi) is 3.05. The van der Waals surface area contributed by atoms with E-state index in [1.54, 1.807) is 0 Å². The Bertz CT molecular complexity index is 487. The lowest BCUT2D eigenvalue weighted by molar-refractivity contribution is -0.136. The number of hydrogen-bond donors (Lipinski definition) is 0. The number of rotatable bonds is 3. The molecule has 2 saturated carbocycles. The van der Waals surface area contributed by atoms with E-state index in [1.165, 1.54) is 37.7 Å². The van der Waals surface area contributed by atoms with Crippen LogP contribution in [0.5, 0.6) is 0 Å². The summed E-state index contributed by atoms with van der Waals surface area (Å²) < 4.78 is 0. The molecule has 3 unspecified atom stereocenters. The summed E-state index contributed by atoms with van der Waals surface area (Å²) in [5.74, 6) is 2.63. The molecule has 1 amide bonds. The SMILES string of the molecule is O=C(C1CC2CC2C1)N1CCCC1Cc1ccccc1. The summed E-state index contributed by atoms with van der Waals surface area (Å²) in [6, 6.07) is 11.1. The van der Waals surface area contributed by atoms with Crippen LogP contribution in [0.4, 0.5) is 0 Å². The van der Waals surface area contributed by atoms with E-state index in [9.17, 15) is 4.79 Å². The van der Waals surface area contributed by atoms with Crippen molar-refractivity contribution >= 4 is 5.91 Å². The van der Waals surface area contributed by atoms with Crippen molar-refractivity contribution in [2.24, 2.45) is 17.8 Å². The van der Waals surface area contributed by atoms with Crippen molar-refractivity contribution in [3.63, 3.8) is 0 Å². The van der Waals surface area contributed by atoms with Gasteiger partial charge in [0.1, 0.15) is 0 Å². The van der Waals surface area contributed by atoms with Crippen molar-refractivity contribution in [3.05, 3.63) is 35.9 Å². The maximum atomic E-state index is 12.7. The van der Waals surface area contributed by atoms with Crippen LogP contribution in [0.3, 0.4) is 0 Å². The Hall–Kier alpha value is -1.31. The van der Waals surface area contributed by atoms with Crippen LogP contribution in [0.1, 0.15) is 37.7 Å². The second-order valence-electron chi connectivity index (χ2n) is 6.94. The largest absolute Gasteiger partial charge is 0.339 e. The Labute approximate surface area is 121 Å². The van der Waals surface area contributed by atoms with Crippen molar-refractivity contribution in [3.8, 4) is 0 Å². The number of benzene rings is 1. The summed E-state index contributed by atoms with van der Waals surface area (Å²) in [5, 5.41) is 0. The average molecular weight is 269 g/mol. The van der Waals surface area contributed by atoms with Crippen molar-refractivity contribution in [1.82, 2.24) is 4.90 Å². The van der Waals surface area contributed by atoms with Gasteiger partial charge in [-0.15, -0.1) is 0 Å². The second kappa shape index (κ2) is 4.91. The molecule has 1 aromatic rings. The highest BCUT2D eigenvalue weighted by Crippen LogP contribution is 2.54. The van der Waals surface area contributed by atoms with Crippen molar-refractivity contribution in [2.75, 3.05) is 6.54 Å². The lowest BCUT2D eigenvalue weighted by atomic mass is 9.99. The van der Waals surface area contributed by atoms with E-state index in [0.717, 1.165) is 24.8 Å². The molecule has 1 aliphatic heterocycles. The van der Waals surface area contributed by atoms with Gasteiger partial charge >= 0.3 is 0 Å². The van der Waals surface area contributed by atoms with Crippen LogP contribution in [0.15, 0.2) is 30.3 Å². The zero-order chi connectivity index (χ0) is 13.5. The molecule has 20 heavy (non-hydrogen) atoms. The predicted molar refractivity (Wildman–Crippen MR) is 79.2 cm³/mol. The zero-order valence-corrected chi connectivity index (χ0v) is 12.0. The monoisotopic (exact) mass is 269 g/mol. The third kappa shape index (κ3) is 2.25. The average Bonchev–Trinajstić information content (AvgIpc) is 2.89. The van der Waals surface area contributed by atoms with Crippen LogP contribution in [-0.4, -0.2) is 23.4 Å². The number of hydrogen-bond acceptors (Lipinski definition) is 1. The van der Waals surface area contributed by atoms with Gasteiger partial charge < -0.3 is 4.90 Å². The Morgan fingerprint density at radius 1 is 1.10 bits per heavy atom. The summed E-state index contributed by atoms with van der Waals surface area (Å²) in [5.41, 5.74) is 1.37. The van der Waals surface area contributed by atoms with Gasteiger partial charge in [0.2, 0.25) is 5.91 Å². The highest BCUT2D eigenvalue weighted by Gasteiger charge is 2.49. The molecule has 0 radical (unpaired) electrons. The molecule has 106 valence electrons. The molecule has 2 nitrogen and oxygen atoms in total. The fraction of sp³-hybridized carbons (Fsp3) is 0.611. The smallest absolute Gasteiger partial charge is 0.225 e. The summed E-state index contributed by atoms with van der Waals surface area (Å²) in [7, 11) is 0. The van der Waals surface area contributed by atoms with Gasteiger partial charge in [0, 0.05) is 18.5 Å². The van der Waals surface area contributed by atoms with E-state index in [4.69, 9.17) is 0 Å². The number of fused-ring (bicyclic) bond motifs is 1. The molecule has 1 saturated heterocycles. The van der Waals surface area contributed by atoms with Crippen LogP contribution in [0, 0.1) is 17.8 Å². The topological polar surface area (TPSA) is 20.3 Å². The van der Waals surface area contributed by atoms with Crippen LogP contribution in [0.2, 0.25) is 0 Å². The first kappa shape index (κ1) is 12.4. The van der Waals surface area contributed by atoms with Crippen molar-refractivity contribution in [1.29, 1.82) is 0 Å². The van der Waals surface area contributed by atoms with E-state index in [1.807, 2.05) is 0 Å². The predicted octanol–water partition coefficient (Wildman–Crippen LogP) is 3.27. The number of amides is 1. The van der Waals surface area contributed by atoms with E-state index in [-0.39, 0.29) is 0 Å². The molecule has 1 aromatic carbocycles. The van der Waals surface area contributed by atoms with Crippen LogP contribution in [0.25, 0.3) is 0 Å². The molecule has 1 heterocycles. The minimum Gasteiger partial charge on any atom is -0.339 e. The lowest BCUT2D eigenvalue weighted by Crippen LogP contribution is -2.40. The van der Waals surface area contributed by atoms with Crippen LogP contribution >= 0.6 is 0 Å². The van der Waals surface area contributed by atoms with E-state index in [0.29, 0.717) is 17.9 Å². The summed E-state index contributed by atoms with van der Waals surface area (Å²) in [6.45, 7) is 0.988. The molecule has 0 spiro atoms. The van der Waals surface area contributed by atoms with Gasteiger partial charge in [0.15, 0.2) is 0 Å². The molecule has 3 fully saturated rings. The molecule has 0 N–H and O–H groups in total. The molecule has 2 aliphatic carbocycles. The van der Waals surface area contributed by atoms with Crippen LogP contribution in [-0.2, 0) is 11.2 Å². The zero-order valence-electron chi connectivity index (χ0n) is 12.0. The van der Waals surface area contributed by atoms with Gasteiger partial charge in [-0.25, -0.2) is 0 Å². The molecule has 3 aliphatic rings. The summed E-state index contributed by atoms with van der Waals surface area (Å²) >= 11 is 0. The minimum atomic E-state index is 0.357. The maximum Gasteiger partial charge on any atom is 0.225 e. The number of carbonyl (C=O) groups excluding carboxylic acids is 1. The molecule has 0 aromatic heterocycles. The van der Waals surface area contributed by atoms with E-state index >= 15 is 0 Å². The quantitative estimate of drug-likeness (QED) is 0.824. The first-order valence-electron chi connectivity index (χ1n) is 8.15. The Balaban J connectivity index is 1.42. The number of likely N-dealkylation sites (tertiary alicyclic amines) is 1. The highest BCUT2D eigenvalue weighted by atomic mass is 16.2. The second-order valence-corrected chi connectivity index (χ2v) is 6.94. The van der Waals surface area contributed by atoms with Gasteiger partial charge in [0.25, 0.3) is 0 Å². The third-order valence-electron chi connectivity index (χ3n) is 5.57. The molecule has 2 heteroatoms. The normalized spacial score (nSPS) is 35.1. The fourth-order valence-corrected chi connectivity index (χ4v) is 4.38. The number of nitrogens with zero attached hydrogens (tertiary/aromatic N) is 1. The van der Waals surface area contributed by atoms with Crippen molar-refractivity contribution < 1.29 is 4.79 Å². The minimum absolute atomic E-state index is 0.357. The lowest BCUT2D eigenvalue weighted by Gasteiger charge is -2.28. The standard InChI is InChI=1S/C18H23NO/c20-18(16-11-14-10-15(14)12-16)19-8-4-7-17(19)9-13-5-2-1-3-6-13/h1-3,5-6,14-17H,4,7-12H2.